The molecule has 4 heteroatoms. The first kappa shape index (κ1) is 9.81. The second-order valence-corrected chi connectivity index (χ2v) is 4.86. The summed E-state index contributed by atoms with van der Waals surface area (Å²) in [7, 11) is 0. The van der Waals surface area contributed by atoms with Crippen LogP contribution in [0.3, 0.4) is 0 Å². The van der Waals surface area contributed by atoms with E-state index in [0.717, 1.165) is 19.4 Å². The molecule has 0 radical (unpaired) electrons. The first-order valence-corrected chi connectivity index (χ1v) is 5.34. The summed E-state index contributed by atoms with van der Waals surface area (Å²) in [4.78, 5) is 2.93. The predicted octanol–water partition coefficient (Wildman–Crippen LogP) is 2.89. The summed E-state index contributed by atoms with van der Waals surface area (Å²) in [6.07, 6.45) is 3.38. The molecule has 4 unspecified atom stereocenters. The minimum absolute atomic E-state index is 0.101. The molecule has 2 fully saturated rings. The standard InChI is InChI=1S/C10H17N3O/c1-7-3-4-8(10(2)6-14-10)5-9(7)12-13-11/h7-9H,3-6H2,1-2H3. The van der Waals surface area contributed by atoms with Crippen molar-refractivity contribution in [1.82, 2.24) is 0 Å². The Bertz CT molecular complexity index is 269. The fraction of sp³-hybridized carbons (Fsp3) is 1.00. The number of azide groups is 1. The second kappa shape index (κ2) is 3.44. The van der Waals surface area contributed by atoms with Crippen LogP contribution in [-0.4, -0.2) is 18.2 Å². The topological polar surface area (TPSA) is 61.3 Å². The number of ether oxygens (including phenoxy) is 1. The Morgan fingerprint density at radius 1 is 1.50 bits per heavy atom. The monoisotopic (exact) mass is 195 g/mol. The molecule has 0 spiro atoms. The van der Waals surface area contributed by atoms with Gasteiger partial charge in [-0.25, -0.2) is 0 Å². The largest absolute Gasteiger partial charge is 0.370 e. The van der Waals surface area contributed by atoms with E-state index < -0.39 is 0 Å². The van der Waals surface area contributed by atoms with Crippen molar-refractivity contribution in [3.63, 3.8) is 0 Å². The highest BCUT2D eigenvalue weighted by Crippen LogP contribution is 2.44. The van der Waals surface area contributed by atoms with E-state index in [0.29, 0.717) is 11.8 Å². The van der Waals surface area contributed by atoms with Crippen molar-refractivity contribution in [2.75, 3.05) is 6.61 Å². The normalized spacial score (nSPS) is 46.9. The van der Waals surface area contributed by atoms with E-state index in [1.54, 1.807) is 0 Å². The number of hydrogen-bond donors (Lipinski definition) is 0. The van der Waals surface area contributed by atoms with E-state index in [2.05, 4.69) is 23.9 Å². The SMILES string of the molecule is CC1CCC(C2(C)CO2)CC1N=[N+]=[N-]. The smallest absolute Gasteiger partial charge is 0.0916 e. The predicted molar refractivity (Wildman–Crippen MR) is 53.8 cm³/mol. The molecule has 1 heterocycles. The zero-order valence-electron chi connectivity index (χ0n) is 8.81. The Morgan fingerprint density at radius 3 is 2.79 bits per heavy atom. The van der Waals surface area contributed by atoms with Crippen LogP contribution in [0, 0.1) is 11.8 Å². The summed E-state index contributed by atoms with van der Waals surface area (Å²) >= 11 is 0. The summed E-state index contributed by atoms with van der Waals surface area (Å²) in [6, 6.07) is 0.180. The Labute approximate surface area is 84.3 Å². The lowest BCUT2D eigenvalue weighted by Crippen LogP contribution is -2.33. The summed E-state index contributed by atoms with van der Waals surface area (Å²) < 4.78 is 5.46. The van der Waals surface area contributed by atoms with Crippen LogP contribution in [0.2, 0.25) is 0 Å². The minimum Gasteiger partial charge on any atom is -0.370 e. The number of rotatable bonds is 2. The van der Waals surface area contributed by atoms with E-state index >= 15 is 0 Å². The fourth-order valence-electron chi connectivity index (χ4n) is 2.43. The van der Waals surface area contributed by atoms with Gasteiger partial charge in [0.1, 0.15) is 0 Å². The maximum atomic E-state index is 8.47. The lowest BCUT2D eigenvalue weighted by Gasteiger charge is -2.33. The lowest BCUT2D eigenvalue weighted by atomic mass is 9.74. The molecule has 4 atom stereocenters. The molecular formula is C10H17N3O. The fourth-order valence-corrected chi connectivity index (χ4v) is 2.43. The Balaban J connectivity index is 2.01. The van der Waals surface area contributed by atoms with Gasteiger partial charge in [0.25, 0.3) is 0 Å². The maximum absolute atomic E-state index is 8.47. The van der Waals surface area contributed by atoms with E-state index in [1.807, 2.05) is 0 Å². The van der Waals surface area contributed by atoms with E-state index in [4.69, 9.17) is 10.3 Å². The van der Waals surface area contributed by atoms with Gasteiger partial charge in [-0.05, 0) is 43.6 Å². The van der Waals surface area contributed by atoms with E-state index in [-0.39, 0.29) is 11.6 Å². The highest BCUT2D eigenvalue weighted by Gasteiger charge is 2.48. The molecule has 0 amide bonds. The highest BCUT2D eigenvalue weighted by atomic mass is 16.6. The van der Waals surface area contributed by atoms with E-state index in [1.165, 1.54) is 6.42 Å². The number of nitrogens with zero attached hydrogens (tertiary/aromatic N) is 3. The van der Waals surface area contributed by atoms with Gasteiger partial charge in [0.05, 0.1) is 12.2 Å². The van der Waals surface area contributed by atoms with Gasteiger partial charge < -0.3 is 4.74 Å². The average molecular weight is 195 g/mol. The van der Waals surface area contributed by atoms with Crippen LogP contribution in [-0.2, 0) is 4.74 Å². The van der Waals surface area contributed by atoms with Gasteiger partial charge in [-0.1, -0.05) is 12.0 Å². The third kappa shape index (κ3) is 1.72. The third-order valence-electron chi connectivity index (χ3n) is 3.82. The van der Waals surface area contributed by atoms with Crippen LogP contribution in [0.25, 0.3) is 10.4 Å². The molecule has 0 aromatic heterocycles. The van der Waals surface area contributed by atoms with Gasteiger partial charge >= 0.3 is 0 Å². The molecule has 4 nitrogen and oxygen atoms in total. The van der Waals surface area contributed by atoms with Crippen LogP contribution in [0.4, 0.5) is 0 Å². The van der Waals surface area contributed by atoms with Crippen LogP contribution < -0.4 is 0 Å². The molecule has 0 aromatic rings. The molecule has 78 valence electrons. The summed E-state index contributed by atoms with van der Waals surface area (Å²) in [5.74, 6) is 1.12. The average Bonchev–Trinajstić information content (AvgIpc) is 2.89. The molecule has 1 aliphatic heterocycles. The van der Waals surface area contributed by atoms with Gasteiger partial charge in [0.15, 0.2) is 0 Å². The molecule has 0 bridgehead atoms. The molecule has 0 aromatic carbocycles. The molecule has 0 N–H and O–H groups in total. The van der Waals surface area contributed by atoms with E-state index in [9.17, 15) is 0 Å². The Hall–Kier alpha value is -0.730. The van der Waals surface area contributed by atoms with Crippen molar-refractivity contribution in [1.29, 1.82) is 0 Å². The van der Waals surface area contributed by atoms with Gasteiger partial charge in [-0.15, -0.1) is 0 Å². The van der Waals surface area contributed by atoms with Crippen molar-refractivity contribution >= 4 is 0 Å². The van der Waals surface area contributed by atoms with Gasteiger partial charge in [0, 0.05) is 11.0 Å². The van der Waals surface area contributed by atoms with Crippen molar-refractivity contribution in [3.05, 3.63) is 10.4 Å². The second-order valence-electron chi connectivity index (χ2n) is 4.86. The van der Waals surface area contributed by atoms with Crippen molar-refractivity contribution in [2.24, 2.45) is 17.0 Å². The summed E-state index contributed by atoms with van der Waals surface area (Å²) in [6.45, 7) is 5.22. The van der Waals surface area contributed by atoms with Crippen LogP contribution in [0.1, 0.15) is 33.1 Å². The molecule has 2 aliphatic rings. The molecule has 14 heavy (non-hydrogen) atoms. The maximum Gasteiger partial charge on any atom is 0.0916 e. The first-order chi connectivity index (χ1) is 6.65. The van der Waals surface area contributed by atoms with Crippen molar-refractivity contribution < 1.29 is 4.74 Å². The summed E-state index contributed by atoms with van der Waals surface area (Å²) in [5, 5.41) is 3.88. The quantitative estimate of drug-likeness (QED) is 0.289. The molecule has 1 saturated carbocycles. The number of hydrogen-bond acceptors (Lipinski definition) is 2. The zero-order chi connectivity index (χ0) is 10.2. The van der Waals surface area contributed by atoms with Crippen LogP contribution >= 0.6 is 0 Å². The molecule has 2 rings (SSSR count). The Morgan fingerprint density at radius 2 is 2.21 bits per heavy atom. The highest BCUT2D eigenvalue weighted by molar-refractivity contribution is 4.98. The van der Waals surface area contributed by atoms with Crippen LogP contribution in [0.15, 0.2) is 5.11 Å². The molecule has 1 saturated heterocycles. The Kier molecular flexibility index (Phi) is 2.41. The molecule has 1 aliphatic carbocycles. The van der Waals surface area contributed by atoms with Gasteiger partial charge in [-0.2, -0.15) is 0 Å². The first-order valence-electron chi connectivity index (χ1n) is 5.34. The van der Waals surface area contributed by atoms with Crippen LogP contribution in [0.5, 0.6) is 0 Å². The minimum atomic E-state index is 0.101. The molecular weight excluding hydrogens is 178 g/mol. The van der Waals surface area contributed by atoms with Crippen molar-refractivity contribution in [3.8, 4) is 0 Å². The lowest BCUT2D eigenvalue weighted by molar-refractivity contribution is 0.153. The third-order valence-corrected chi connectivity index (χ3v) is 3.82. The zero-order valence-corrected chi connectivity index (χ0v) is 8.81. The van der Waals surface area contributed by atoms with Gasteiger partial charge in [-0.3, -0.25) is 0 Å². The van der Waals surface area contributed by atoms with Gasteiger partial charge in [0.2, 0.25) is 0 Å². The summed E-state index contributed by atoms with van der Waals surface area (Å²) in [5.41, 5.74) is 8.57. The van der Waals surface area contributed by atoms with Crippen molar-refractivity contribution in [2.45, 2.75) is 44.8 Å². The number of epoxide rings is 1.